The van der Waals surface area contributed by atoms with Crippen LogP contribution in [-0.4, -0.2) is 35.9 Å². The molecule has 5 heteroatoms. The maximum Gasteiger partial charge on any atom is 0.333 e. The summed E-state index contributed by atoms with van der Waals surface area (Å²) in [5.41, 5.74) is 0.976. The van der Waals surface area contributed by atoms with Crippen LogP contribution in [0.25, 0.3) is 0 Å². The Labute approximate surface area is 169 Å². The van der Waals surface area contributed by atoms with Gasteiger partial charge in [-0.3, -0.25) is 4.79 Å². The van der Waals surface area contributed by atoms with Crippen LogP contribution in [-0.2, 0) is 19.1 Å². The average molecular weight is 393 g/mol. The summed E-state index contributed by atoms with van der Waals surface area (Å²) in [5, 5.41) is 10.1. The van der Waals surface area contributed by atoms with Crippen LogP contribution in [0.15, 0.2) is 35.5 Å². The van der Waals surface area contributed by atoms with Gasteiger partial charge in [0.2, 0.25) is 0 Å². The highest BCUT2D eigenvalue weighted by atomic mass is 16.5. The minimum atomic E-state index is -0.742. The van der Waals surface area contributed by atoms with Crippen LogP contribution in [0.1, 0.15) is 66.7 Å². The fourth-order valence-electron chi connectivity index (χ4n) is 3.47. The van der Waals surface area contributed by atoms with E-state index < -0.39 is 11.7 Å². The Morgan fingerprint density at radius 3 is 2.50 bits per heavy atom. The van der Waals surface area contributed by atoms with E-state index >= 15 is 0 Å². The van der Waals surface area contributed by atoms with Gasteiger partial charge in [0.05, 0.1) is 12.7 Å². The maximum absolute atomic E-state index is 12.2. The standard InChI is InChI=1S/C23H36O5/c1-16(2)8-7-9-20(22(25)27-6)15-21(28-18(4)24)14-17(3)19-10-12-23(5,26)13-11-19/h8,10,12,15,17,19,21,26H,7,9,11,13-14H2,1-6H3/b20-15+/t17-,19-,21+,23-/m1/s1. The third kappa shape index (κ3) is 8.87. The molecule has 158 valence electrons. The molecule has 0 saturated carbocycles. The van der Waals surface area contributed by atoms with E-state index in [1.54, 1.807) is 6.08 Å². The predicted molar refractivity (Wildman–Crippen MR) is 111 cm³/mol. The van der Waals surface area contributed by atoms with Crippen LogP contribution in [0.5, 0.6) is 0 Å². The maximum atomic E-state index is 12.2. The normalized spacial score (nSPS) is 24.2. The van der Waals surface area contributed by atoms with Crippen LogP contribution in [0.3, 0.4) is 0 Å². The SMILES string of the molecule is COC(=O)/C(=C/[C@H](C[C@@H](C)[C@@H]1C=C[C@@](C)(O)CC1)OC(C)=O)CCC=C(C)C. The summed E-state index contributed by atoms with van der Waals surface area (Å²) < 4.78 is 10.4. The summed E-state index contributed by atoms with van der Waals surface area (Å²) in [7, 11) is 1.36. The third-order valence-corrected chi connectivity index (χ3v) is 5.14. The molecule has 0 spiro atoms. The van der Waals surface area contributed by atoms with Gasteiger partial charge in [-0.2, -0.15) is 0 Å². The average Bonchev–Trinajstić information content (AvgIpc) is 2.59. The number of carbonyl (C=O) groups excluding carboxylic acids is 2. The van der Waals surface area contributed by atoms with Crippen LogP contribution in [0.4, 0.5) is 0 Å². The van der Waals surface area contributed by atoms with E-state index in [0.29, 0.717) is 30.8 Å². The molecule has 28 heavy (non-hydrogen) atoms. The van der Waals surface area contributed by atoms with Crippen LogP contribution in [0, 0.1) is 11.8 Å². The molecule has 1 aliphatic rings. The topological polar surface area (TPSA) is 72.8 Å². The molecule has 0 unspecified atom stereocenters. The van der Waals surface area contributed by atoms with Gasteiger partial charge >= 0.3 is 11.9 Å². The number of allylic oxidation sites excluding steroid dienone is 3. The zero-order valence-electron chi connectivity index (χ0n) is 18.2. The van der Waals surface area contributed by atoms with E-state index in [1.807, 2.05) is 26.8 Å². The van der Waals surface area contributed by atoms with E-state index in [9.17, 15) is 14.7 Å². The Morgan fingerprint density at radius 1 is 1.32 bits per heavy atom. The minimum absolute atomic E-state index is 0.240. The summed E-state index contributed by atoms with van der Waals surface area (Å²) in [4.78, 5) is 23.8. The number of rotatable bonds is 9. The van der Waals surface area contributed by atoms with Crippen molar-refractivity contribution in [1.82, 2.24) is 0 Å². The summed E-state index contributed by atoms with van der Waals surface area (Å²) in [6, 6.07) is 0. The second-order valence-electron chi connectivity index (χ2n) is 8.28. The second kappa shape index (κ2) is 11.2. The van der Waals surface area contributed by atoms with Crippen LogP contribution >= 0.6 is 0 Å². The number of hydrogen-bond acceptors (Lipinski definition) is 5. The summed E-state index contributed by atoms with van der Waals surface area (Å²) in [5.74, 6) is -0.215. The highest BCUT2D eigenvalue weighted by molar-refractivity contribution is 5.88. The highest BCUT2D eigenvalue weighted by Gasteiger charge is 2.28. The van der Waals surface area contributed by atoms with Gasteiger partial charge in [-0.15, -0.1) is 0 Å². The van der Waals surface area contributed by atoms with Crippen molar-refractivity contribution in [3.05, 3.63) is 35.5 Å². The fourth-order valence-corrected chi connectivity index (χ4v) is 3.47. The number of aliphatic hydroxyl groups is 1. The lowest BCUT2D eigenvalue weighted by molar-refractivity contribution is -0.145. The molecule has 0 heterocycles. The number of carbonyl (C=O) groups is 2. The van der Waals surface area contributed by atoms with E-state index in [1.165, 1.54) is 19.6 Å². The molecule has 0 bridgehead atoms. The molecule has 1 aliphatic carbocycles. The number of methoxy groups -OCH3 is 1. The Morgan fingerprint density at radius 2 is 2.00 bits per heavy atom. The number of ether oxygens (including phenoxy) is 2. The van der Waals surface area contributed by atoms with E-state index in [0.717, 1.165) is 12.8 Å². The quantitative estimate of drug-likeness (QED) is 0.355. The molecule has 4 atom stereocenters. The number of esters is 2. The molecule has 0 radical (unpaired) electrons. The van der Waals surface area contributed by atoms with Crippen LogP contribution in [0.2, 0.25) is 0 Å². The predicted octanol–water partition coefficient (Wildman–Crippen LogP) is 4.51. The van der Waals surface area contributed by atoms with Crippen molar-refractivity contribution in [3.8, 4) is 0 Å². The van der Waals surface area contributed by atoms with Gasteiger partial charge in [-0.1, -0.05) is 30.7 Å². The minimum Gasteiger partial charge on any atom is -0.466 e. The molecule has 1 rings (SSSR count). The first-order valence-corrected chi connectivity index (χ1v) is 10.1. The monoisotopic (exact) mass is 392 g/mol. The first kappa shape index (κ1) is 24.2. The first-order chi connectivity index (χ1) is 13.0. The second-order valence-corrected chi connectivity index (χ2v) is 8.28. The molecule has 0 aromatic rings. The Kier molecular flexibility index (Phi) is 9.66. The molecule has 0 amide bonds. The number of hydrogen-bond donors (Lipinski definition) is 1. The molecule has 0 fully saturated rings. The van der Waals surface area contributed by atoms with E-state index in [-0.39, 0.29) is 17.9 Å². The summed E-state index contributed by atoms with van der Waals surface area (Å²) in [6.45, 7) is 9.33. The zero-order chi connectivity index (χ0) is 21.3. The fraction of sp³-hybridized carbons (Fsp3) is 0.652. The molecular formula is C23H36O5. The molecule has 0 aromatic carbocycles. The summed E-state index contributed by atoms with van der Waals surface area (Å²) >= 11 is 0. The Bertz CT molecular complexity index is 623. The van der Waals surface area contributed by atoms with Crippen molar-refractivity contribution >= 4 is 11.9 Å². The lowest BCUT2D eigenvalue weighted by atomic mass is 9.78. The molecular weight excluding hydrogens is 356 g/mol. The van der Waals surface area contributed by atoms with Crippen molar-refractivity contribution in [1.29, 1.82) is 0 Å². The van der Waals surface area contributed by atoms with E-state index in [2.05, 4.69) is 19.1 Å². The van der Waals surface area contributed by atoms with Gasteiger partial charge < -0.3 is 14.6 Å². The van der Waals surface area contributed by atoms with Crippen molar-refractivity contribution in [3.63, 3.8) is 0 Å². The largest absolute Gasteiger partial charge is 0.466 e. The molecule has 5 nitrogen and oxygen atoms in total. The Hall–Kier alpha value is -1.88. The lowest BCUT2D eigenvalue weighted by Crippen LogP contribution is -2.29. The molecule has 0 aromatic heterocycles. The lowest BCUT2D eigenvalue weighted by Gasteiger charge is -2.31. The summed E-state index contributed by atoms with van der Waals surface area (Å²) in [6.07, 6.45) is 10.7. The van der Waals surface area contributed by atoms with Gasteiger partial charge in [0, 0.05) is 12.5 Å². The van der Waals surface area contributed by atoms with Gasteiger partial charge in [0.1, 0.15) is 6.10 Å². The van der Waals surface area contributed by atoms with Crippen molar-refractivity contribution < 1.29 is 24.2 Å². The van der Waals surface area contributed by atoms with Gasteiger partial charge in [0.15, 0.2) is 0 Å². The molecule has 0 aliphatic heterocycles. The van der Waals surface area contributed by atoms with Crippen molar-refractivity contribution in [2.24, 2.45) is 11.8 Å². The van der Waals surface area contributed by atoms with Gasteiger partial charge in [-0.05, 0) is 70.8 Å². The van der Waals surface area contributed by atoms with Crippen molar-refractivity contribution in [2.75, 3.05) is 7.11 Å². The highest BCUT2D eigenvalue weighted by Crippen LogP contribution is 2.32. The van der Waals surface area contributed by atoms with Gasteiger partial charge in [0.25, 0.3) is 0 Å². The van der Waals surface area contributed by atoms with Crippen LogP contribution < -0.4 is 0 Å². The van der Waals surface area contributed by atoms with Crippen molar-refractivity contribution in [2.45, 2.75) is 78.4 Å². The Balaban J connectivity index is 2.93. The third-order valence-electron chi connectivity index (χ3n) is 5.14. The molecule has 0 saturated heterocycles. The smallest absolute Gasteiger partial charge is 0.333 e. The molecule has 1 N–H and O–H groups in total. The first-order valence-electron chi connectivity index (χ1n) is 10.1. The van der Waals surface area contributed by atoms with Gasteiger partial charge in [-0.25, -0.2) is 4.79 Å². The zero-order valence-corrected chi connectivity index (χ0v) is 18.2. The van der Waals surface area contributed by atoms with E-state index in [4.69, 9.17) is 9.47 Å².